The molecule has 7 heteroatoms. The van der Waals surface area contributed by atoms with Gasteiger partial charge in [0.1, 0.15) is 5.75 Å². The quantitative estimate of drug-likeness (QED) is 0.309. The highest BCUT2D eigenvalue weighted by atomic mass is 79.9. The molecule has 0 aliphatic heterocycles. The van der Waals surface area contributed by atoms with Crippen molar-refractivity contribution in [1.82, 2.24) is 14.8 Å². The Bertz CT molecular complexity index is 936. The molecule has 0 bridgehead atoms. The van der Waals surface area contributed by atoms with Crippen LogP contribution in [0.1, 0.15) is 30.2 Å². The first-order valence-electron chi connectivity index (χ1n) is 9.66. The smallest absolute Gasteiger partial charge is 0.191 e. The lowest BCUT2D eigenvalue weighted by Crippen LogP contribution is -2.10. The van der Waals surface area contributed by atoms with E-state index in [9.17, 15) is 0 Å². The van der Waals surface area contributed by atoms with Crippen molar-refractivity contribution in [3.63, 3.8) is 0 Å². The minimum absolute atomic E-state index is 0.639. The van der Waals surface area contributed by atoms with Crippen molar-refractivity contribution >= 4 is 39.0 Å². The van der Waals surface area contributed by atoms with E-state index >= 15 is 0 Å². The zero-order chi connectivity index (χ0) is 19.5. The first kappa shape index (κ1) is 20.0. The molecule has 0 N–H and O–H groups in total. The van der Waals surface area contributed by atoms with Crippen molar-refractivity contribution in [2.75, 3.05) is 12.4 Å². The third-order valence-corrected chi connectivity index (χ3v) is 7.96. The molecule has 1 aromatic carbocycles. The van der Waals surface area contributed by atoms with Crippen molar-refractivity contribution in [2.24, 2.45) is 13.0 Å². The number of aromatic nitrogens is 3. The summed E-state index contributed by atoms with van der Waals surface area (Å²) in [7, 11) is 2.06. The average Bonchev–Trinajstić information content (AvgIpc) is 3.29. The van der Waals surface area contributed by atoms with Crippen molar-refractivity contribution < 1.29 is 4.74 Å². The van der Waals surface area contributed by atoms with Crippen LogP contribution >= 0.6 is 39.0 Å². The van der Waals surface area contributed by atoms with Crippen LogP contribution in [0.5, 0.6) is 5.75 Å². The SMILES string of the molecule is CC[C@@H]1CCc2sc(-c3nnc(SCCOc4ccc(Br)cc4)n3C)cc2C1. The molecule has 0 spiro atoms. The maximum Gasteiger partial charge on any atom is 0.191 e. The molecule has 1 aliphatic carbocycles. The van der Waals surface area contributed by atoms with E-state index < -0.39 is 0 Å². The van der Waals surface area contributed by atoms with Crippen LogP contribution in [0.2, 0.25) is 0 Å². The Hall–Kier alpha value is -1.31. The summed E-state index contributed by atoms with van der Waals surface area (Å²) in [6.45, 7) is 2.94. The second-order valence-corrected chi connectivity index (χ2v) is 10.2. The molecule has 1 atom stereocenters. The zero-order valence-corrected chi connectivity index (χ0v) is 19.4. The summed E-state index contributed by atoms with van der Waals surface area (Å²) in [4.78, 5) is 2.79. The Morgan fingerprint density at radius 2 is 2.11 bits per heavy atom. The van der Waals surface area contributed by atoms with Gasteiger partial charge in [-0.15, -0.1) is 21.5 Å². The molecule has 1 aliphatic rings. The fourth-order valence-corrected chi connectivity index (χ4v) is 5.76. The van der Waals surface area contributed by atoms with Gasteiger partial charge >= 0.3 is 0 Å². The Morgan fingerprint density at radius 1 is 1.29 bits per heavy atom. The predicted molar refractivity (Wildman–Crippen MR) is 120 cm³/mol. The van der Waals surface area contributed by atoms with Gasteiger partial charge < -0.3 is 9.30 Å². The highest BCUT2D eigenvalue weighted by molar-refractivity contribution is 9.10. The van der Waals surface area contributed by atoms with Crippen LogP contribution in [-0.4, -0.2) is 27.1 Å². The maximum atomic E-state index is 5.79. The number of halogens is 1. The number of hydrogen-bond donors (Lipinski definition) is 0. The molecule has 2 heterocycles. The van der Waals surface area contributed by atoms with Crippen LogP contribution in [0, 0.1) is 5.92 Å². The molecule has 0 amide bonds. The molecule has 4 rings (SSSR count). The number of thioether (sulfide) groups is 1. The highest BCUT2D eigenvalue weighted by Crippen LogP contribution is 2.38. The fraction of sp³-hybridized carbons (Fsp3) is 0.429. The van der Waals surface area contributed by atoms with Gasteiger partial charge in [-0.1, -0.05) is 41.0 Å². The minimum atomic E-state index is 0.639. The van der Waals surface area contributed by atoms with Crippen molar-refractivity contribution in [2.45, 2.75) is 37.8 Å². The molecule has 28 heavy (non-hydrogen) atoms. The number of ether oxygens (including phenoxy) is 1. The van der Waals surface area contributed by atoms with Crippen LogP contribution in [-0.2, 0) is 19.9 Å². The van der Waals surface area contributed by atoms with Crippen LogP contribution in [0.25, 0.3) is 10.7 Å². The number of fused-ring (bicyclic) bond motifs is 1. The topological polar surface area (TPSA) is 39.9 Å². The summed E-state index contributed by atoms with van der Waals surface area (Å²) < 4.78 is 8.96. The van der Waals surface area contributed by atoms with Crippen LogP contribution in [0.3, 0.4) is 0 Å². The molecule has 0 saturated carbocycles. The number of nitrogens with zero attached hydrogens (tertiary/aromatic N) is 3. The Kier molecular flexibility index (Phi) is 6.43. The van der Waals surface area contributed by atoms with Gasteiger partial charge in [-0.05, 0) is 61.1 Å². The van der Waals surface area contributed by atoms with Gasteiger partial charge in [0, 0.05) is 22.2 Å². The van der Waals surface area contributed by atoms with Crippen molar-refractivity contribution in [3.05, 3.63) is 45.2 Å². The van der Waals surface area contributed by atoms with E-state index in [1.807, 2.05) is 35.6 Å². The van der Waals surface area contributed by atoms with E-state index in [1.165, 1.54) is 36.1 Å². The highest BCUT2D eigenvalue weighted by Gasteiger charge is 2.22. The van der Waals surface area contributed by atoms with Crippen LogP contribution in [0.4, 0.5) is 0 Å². The van der Waals surface area contributed by atoms with Gasteiger partial charge in [-0.2, -0.15) is 0 Å². The molecule has 0 radical (unpaired) electrons. The molecule has 3 aromatic rings. The Morgan fingerprint density at radius 3 is 2.89 bits per heavy atom. The summed E-state index contributed by atoms with van der Waals surface area (Å²) in [5.41, 5.74) is 1.53. The first-order valence-corrected chi connectivity index (χ1v) is 12.3. The number of benzene rings is 1. The number of hydrogen-bond acceptors (Lipinski definition) is 5. The third kappa shape index (κ3) is 4.47. The Balaban J connectivity index is 1.37. The molecule has 0 fully saturated rings. The minimum Gasteiger partial charge on any atom is -0.493 e. The predicted octanol–water partition coefficient (Wildman–Crippen LogP) is 5.99. The lowest BCUT2D eigenvalue weighted by molar-refractivity contribution is 0.344. The molecule has 0 unspecified atom stereocenters. The van der Waals surface area contributed by atoms with Crippen molar-refractivity contribution in [1.29, 1.82) is 0 Å². The normalized spacial score (nSPS) is 16.2. The number of rotatable bonds is 7. The number of thiophene rings is 1. The number of aryl methyl sites for hydroxylation is 1. The molecule has 4 nitrogen and oxygen atoms in total. The standard InChI is InChI=1S/C21H24BrN3OS2/c1-3-14-4-9-18-15(12-14)13-19(28-18)20-23-24-21(25(20)2)27-11-10-26-17-7-5-16(22)6-8-17/h5-8,13-14H,3-4,9-12H2,1-2H3/t14-/m1/s1. The van der Waals surface area contributed by atoms with Crippen molar-refractivity contribution in [3.8, 4) is 16.5 Å². The van der Waals surface area contributed by atoms with Gasteiger partial charge in [0.05, 0.1) is 11.5 Å². The van der Waals surface area contributed by atoms with Gasteiger partial charge in [0.25, 0.3) is 0 Å². The monoisotopic (exact) mass is 477 g/mol. The van der Waals surface area contributed by atoms with Gasteiger partial charge in [-0.25, -0.2) is 0 Å². The summed E-state index contributed by atoms with van der Waals surface area (Å²) in [5.74, 6) is 3.54. The van der Waals surface area contributed by atoms with E-state index in [-0.39, 0.29) is 0 Å². The van der Waals surface area contributed by atoms with Gasteiger partial charge in [0.2, 0.25) is 0 Å². The molecule has 2 aromatic heterocycles. The van der Waals surface area contributed by atoms with Gasteiger partial charge in [0.15, 0.2) is 11.0 Å². The molecular formula is C21H24BrN3OS2. The summed E-state index contributed by atoms with van der Waals surface area (Å²) in [5, 5.41) is 9.82. The van der Waals surface area contributed by atoms with E-state index in [1.54, 1.807) is 16.6 Å². The molecule has 0 saturated heterocycles. The zero-order valence-electron chi connectivity index (χ0n) is 16.2. The lowest BCUT2D eigenvalue weighted by atomic mass is 9.87. The summed E-state index contributed by atoms with van der Waals surface area (Å²) >= 11 is 7.01. The van der Waals surface area contributed by atoms with E-state index in [4.69, 9.17) is 4.74 Å². The molecular weight excluding hydrogens is 454 g/mol. The second-order valence-electron chi connectivity index (χ2n) is 7.09. The average molecular weight is 478 g/mol. The van der Waals surface area contributed by atoms with Gasteiger partial charge in [-0.3, -0.25) is 0 Å². The van der Waals surface area contributed by atoms with Crippen LogP contribution in [0.15, 0.2) is 40.0 Å². The second kappa shape index (κ2) is 9.01. The first-order chi connectivity index (χ1) is 13.6. The Labute approximate surface area is 182 Å². The fourth-order valence-electron chi connectivity index (χ4n) is 3.54. The van der Waals surface area contributed by atoms with E-state index in [2.05, 4.69) is 50.7 Å². The summed E-state index contributed by atoms with van der Waals surface area (Å²) in [6.07, 6.45) is 5.03. The van der Waals surface area contributed by atoms with E-state index in [0.29, 0.717) is 6.61 Å². The van der Waals surface area contributed by atoms with Crippen LogP contribution < -0.4 is 4.74 Å². The largest absolute Gasteiger partial charge is 0.493 e. The summed E-state index contributed by atoms with van der Waals surface area (Å²) in [6, 6.07) is 10.3. The lowest BCUT2D eigenvalue weighted by Gasteiger charge is -2.19. The van der Waals surface area contributed by atoms with E-state index in [0.717, 1.165) is 32.9 Å². The maximum absolute atomic E-state index is 5.79. The molecule has 148 valence electrons. The third-order valence-electron chi connectivity index (χ3n) is 5.21.